The molecule has 2 aromatic carbocycles. The summed E-state index contributed by atoms with van der Waals surface area (Å²) in [5.41, 5.74) is 2.70. The maximum absolute atomic E-state index is 12.0. The Kier molecular flexibility index (Phi) is 4.75. The number of anilines is 1. The predicted octanol–water partition coefficient (Wildman–Crippen LogP) is 3.89. The minimum atomic E-state index is -0.186. The minimum absolute atomic E-state index is 0.173. The van der Waals surface area contributed by atoms with Crippen LogP contribution in [0.15, 0.2) is 65.1 Å². The third-order valence-corrected chi connectivity index (χ3v) is 4.63. The molecule has 1 fully saturated rings. The summed E-state index contributed by atoms with van der Waals surface area (Å²) in [6, 6.07) is 17.3. The number of hydrogen-bond acceptors (Lipinski definition) is 3. The van der Waals surface area contributed by atoms with Gasteiger partial charge in [-0.2, -0.15) is 0 Å². The van der Waals surface area contributed by atoms with E-state index in [1.54, 1.807) is 11.0 Å². The molecule has 0 spiro atoms. The van der Waals surface area contributed by atoms with Gasteiger partial charge in [0.1, 0.15) is 11.3 Å². The molecule has 3 aromatic rings. The molecule has 0 saturated carbocycles. The Morgan fingerprint density at radius 3 is 2.70 bits per heavy atom. The average Bonchev–Trinajstić information content (AvgIpc) is 3.30. The maximum atomic E-state index is 12.0. The van der Waals surface area contributed by atoms with E-state index in [0.29, 0.717) is 18.7 Å². The van der Waals surface area contributed by atoms with Crippen molar-refractivity contribution in [1.82, 2.24) is 5.32 Å². The fourth-order valence-corrected chi connectivity index (χ4v) is 3.21. The van der Waals surface area contributed by atoms with Crippen molar-refractivity contribution in [2.24, 2.45) is 0 Å². The summed E-state index contributed by atoms with van der Waals surface area (Å²) in [5.74, 6) is 0.631. The summed E-state index contributed by atoms with van der Waals surface area (Å²) >= 11 is 0. The van der Waals surface area contributed by atoms with E-state index >= 15 is 0 Å². The van der Waals surface area contributed by atoms with Crippen molar-refractivity contribution in [3.05, 3.63) is 72.0 Å². The van der Waals surface area contributed by atoms with Gasteiger partial charge >= 0.3 is 0 Å². The first-order valence-electron chi connectivity index (χ1n) is 9.03. The first kappa shape index (κ1) is 17.1. The minimum Gasteiger partial charge on any atom is -0.457 e. The van der Waals surface area contributed by atoms with E-state index in [1.807, 2.05) is 54.6 Å². The molecular formula is C22H20N2O3. The molecule has 1 saturated heterocycles. The predicted molar refractivity (Wildman–Crippen MR) is 105 cm³/mol. The van der Waals surface area contributed by atoms with E-state index in [4.69, 9.17) is 4.42 Å². The smallest absolute Gasteiger partial charge is 0.244 e. The van der Waals surface area contributed by atoms with E-state index in [2.05, 4.69) is 5.32 Å². The number of benzene rings is 2. The molecule has 1 N–H and O–H groups in total. The number of furan rings is 1. The van der Waals surface area contributed by atoms with Crippen LogP contribution in [-0.4, -0.2) is 18.4 Å². The number of amides is 2. The van der Waals surface area contributed by atoms with Crippen LogP contribution in [0.2, 0.25) is 0 Å². The Morgan fingerprint density at radius 1 is 1.15 bits per heavy atom. The number of nitrogens with one attached hydrogen (secondary N) is 1. The summed E-state index contributed by atoms with van der Waals surface area (Å²) in [5, 5.41) is 3.86. The SMILES string of the molecule is O=C(/C=C/c1cc2ccccc2o1)NCc1ccc(N2CCCC2=O)cc1. The molecule has 0 aliphatic carbocycles. The van der Waals surface area contributed by atoms with Crippen LogP contribution in [0.3, 0.4) is 0 Å². The third kappa shape index (κ3) is 3.92. The van der Waals surface area contributed by atoms with Crippen LogP contribution in [0.1, 0.15) is 24.2 Å². The van der Waals surface area contributed by atoms with Crippen molar-refractivity contribution in [2.75, 3.05) is 11.4 Å². The second-order valence-corrected chi connectivity index (χ2v) is 6.55. The van der Waals surface area contributed by atoms with Gasteiger partial charge in [0, 0.05) is 36.7 Å². The number of carbonyl (C=O) groups excluding carboxylic acids is 2. The lowest BCUT2D eigenvalue weighted by Gasteiger charge is -2.15. The largest absolute Gasteiger partial charge is 0.457 e. The van der Waals surface area contributed by atoms with Gasteiger partial charge in [0.2, 0.25) is 11.8 Å². The van der Waals surface area contributed by atoms with Crippen LogP contribution in [0.5, 0.6) is 0 Å². The van der Waals surface area contributed by atoms with Gasteiger partial charge in [0.25, 0.3) is 0 Å². The summed E-state index contributed by atoms with van der Waals surface area (Å²) in [6.07, 6.45) is 4.66. The van der Waals surface area contributed by atoms with Crippen LogP contribution in [-0.2, 0) is 16.1 Å². The molecule has 136 valence electrons. The summed E-state index contributed by atoms with van der Waals surface area (Å²) in [4.78, 5) is 25.6. The number of para-hydroxylation sites is 1. The molecule has 0 bridgehead atoms. The molecule has 1 aliphatic heterocycles. The summed E-state index contributed by atoms with van der Waals surface area (Å²) in [7, 11) is 0. The van der Waals surface area contributed by atoms with E-state index in [0.717, 1.165) is 35.2 Å². The highest BCUT2D eigenvalue weighted by Crippen LogP contribution is 2.22. The Bertz CT molecular complexity index is 969. The van der Waals surface area contributed by atoms with Gasteiger partial charge in [0.05, 0.1) is 0 Å². The van der Waals surface area contributed by atoms with Crippen molar-refractivity contribution >= 4 is 34.5 Å². The molecule has 2 amide bonds. The zero-order valence-corrected chi connectivity index (χ0v) is 14.9. The quantitative estimate of drug-likeness (QED) is 0.702. The molecule has 0 atom stereocenters. The number of rotatable bonds is 5. The van der Waals surface area contributed by atoms with Gasteiger partial charge in [-0.3, -0.25) is 9.59 Å². The Labute approximate surface area is 157 Å². The van der Waals surface area contributed by atoms with Crippen LogP contribution in [0.25, 0.3) is 17.0 Å². The van der Waals surface area contributed by atoms with Crippen molar-refractivity contribution in [3.63, 3.8) is 0 Å². The van der Waals surface area contributed by atoms with Crippen molar-refractivity contribution in [3.8, 4) is 0 Å². The second-order valence-electron chi connectivity index (χ2n) is 6.55. The fourth-order valence-electron chi connectivity index (χ4n) is 3.21. The topological polar surface area (TPSA) is 62.6 Å². The number of fused-ring (bicyclic) bond motifs is 1. The van der Waals surface area contributed by atoms with Crippen LogP contribution >= 0.6 is 0 Å². The van der Waals surface area contributed by atoms with E-state index in [1.165, 1.54) is 6.08 Å². The Hall–Kier alpha value is -3.34. The number of carbonyl (C=O) groups is 2. The number of hydrogen-bond donors (Lipinski definition) is 1. The van der Waals surface area contributed by atoms with Gasteiger partial charge in [0.15, 0.2) is 0 Å². The van der Waals surface area contributed by atoms with Crippen LogP contribution in [0, 0.1) is 0 Å². The molecule has 0 unspecified atom stereocenters. The van der Waals surface area contributed by atoms with Crippen molar-refractivity contribution in [1.29, 1.82) is 0 Å². The highest BCUT2D eigenvalue weighted by molar-refractivity contribution is 5.95. The lowest BCUT2D eigenvalue weighted by molar-refractivity contribution is -0.117. The van der Waals surface area contributed by atoms with E-state index in [9.17, 15) is 9.59 Å². The molecule has 1 aromatic heterocycles. The standard InChI is InChI=1S/C22H20N2O3/c25-21(12-11-19-14-17-4-1-2-5-20(17)27-19)23-15-16-7-9-18(10-8-16)24-13-3-6-22(24)26/h1-2,4-5,7-12,14H,3,6,13,15H2,(H,23,25)/b12-11+. The first-order valence-corrected chi connectivity index (χ1v) is 9.03. The van der Waals surface area contributed by atoms with Gasteiger partial charge in [-0.1, -0.05) is 30.3 Å². The molecular weight excluding hydrogens is 340 g/mol. The lowest BCUT2D eigenvalue weighted by Crippen LogP contribution is -2.23. The molecule has 2 heterocycles. The highest BCUT2D eigenvalue weighted by Gasteiger charge is 2.21. The molecule has 0 radical (unpaired) electrons. The zero-order valence-electron chi connectivity index (χ0n) is 14.9. The van der Waals surface area contributed by atoms with Crippen molar-refractivity contribution in [2.45, 2.75) is 19.4 Å². The molecule has 27 heavy (non-hydrogen) atoms. The monoisotopic (exact) mass is 360 g/mol. The molecule has 5 heteroatoms. The van der Waals surface area contributed by atoms with Gasteiger partial charge in [-0.05, 0) is 42.3 Å². The zero-order chi connectivity index (χ0) is 18.6. The Balaban J connectivity index is 1.32. The van der Waals surface area contributed by atoms with Crippen LogP contribution < -0.4 is 10.2 Å². The van der Waals surface area contributed by atoms with Gasteiger partial charge < -0.3 is 14.6 Å². The second kappa shape index (κ2) is 7.50. The van der Waals surface area contributed by atoms with E-state index < -0.39 is 0 Å². The first-order chi connectivity index (χ1) is 13.2. The number of nitrogens with zero attached hydrogens (tertiary/aromatic N) is 1. The van der Waals surface area contributed by atoms with Crippen LogP contribution in [0.4, 0.5) is 5.69 Å². The average molecular weight is 360 g/mol. The molecule has 1 aliphatic rings. The highest BCUT2D eigenvalue weighted by atomic mass is 16.3. The lowest BCUT2D eigenvalue weighted by atomic mass is 10.2. The molecule has 4 rings (SSSR count). The normalized spacial score (nSPS) is 14.4. The summed E-state index contributed by atoms with van der Waals surface area (Å²) < 4.78 is 5.65. The maximum Gasteiger partial charge on any atom is 0.244 e. The van der Waals surface area contributed by atoms with Gasteiger partial charge in [-0.15, -0.1) is 0 Å². The fraction of sp³-hybridized carbons (Fsp3) is 0.182. The summed E-state index contributed by atoms with van der Waals surface area (Å²) in [6.45, 7) is 1.21. The Morgan fingerprint density at radius 2 is 1.96 bits per heavy atom. The third-order valence-electron chi connectivity index (χ3n) is 4.63. The van der Waals surface area contributed by atoms with E-state index in [-0.39, 0.29) is 11.8 Å². The van der Waals surface area contributed by atoms with Crippen molar-refractivity contribution < 1.29 is 14.0 Å². The molecule has 5 nitrogen and oxygen atoms in total. The van der Waals surface area contributed by atoms with Gasteiger partial charge in [-0.25, -0.2) is 0 Å².